The second-order valence-electron chi connectivity index (χ2n) is 6.24. The van der Waals surface area contributed by atoms with E-state index >= 15 is 0 Å². The van der Waals surface area contributed by atoms with Crippen molar-refractivity contribution in [2.45, 2.75) is 4.90 Å². The van der Waals surface area contributed by atoms with Gasteiger partial charge >= 0.3 is 0 Å². The van der Waals surface area contributed by atoms with Gasteiger partial charge in [0.2, 0.25) is 0 Å². The summed E-state index contributed by atoms with van der Waals surface area (Å²) in [6, 6.07) is 20.2. The van der Waals surface area contributed by atoms with E-state index in [1.807, 2.05) is 18.2 Å². The number of hydrogen-bond acceptors (Lipinski definition) is 4. The third-order valence-electron chi connectivity index (χ3n) is 4.17. The van der Waals surface area contributed by atoms with Crippen LogP contribution in [0.3, 0.4) is 0 Å². The molecule has 0 aliphatic carbocycles. The first-order chi connectivity index (χ1) is 14.3. The Bertz CT molecular complexity index is 1140. The van der Waals surface area contributed by atoms with Gasteiger partial charge in [-0.05, 0) is 70.5 Å². The van der Waals surface area contributed by atoms with Crippen molar-refractivity contribution in [3.8, 4) is 5.75 Å². The minimum Gasteiger partial charge on any atom is -0.483 e. The third kappa shape index (κ3) is 5.41. The van der Waals surface area contributed by atoms with Crippen LogP contribution < -0.4 is 14.4 Å². The number of carbonyl (C=O) groups is 1. The van der Waals surface area contributed by atoms with Gasteiger partial charge in [-0.3, -0.25) is 9.10 Å². The second-order valence-corrected chi connectivity index (χ2v) is 9.98. The summed E-state index contributed by atoms with van der Waals surface area (Å²) in [5, 5.41) is 2.69. The summed E-state index contributed by atoms with van der Waals surface area (Å²) >= 11 is 6.72. The summed E-state index contributed by atoms with van der Waals surface area (Å²) in [6.07, 6.45) is 0. The molecular formula is C21H18Br2N2O4S. The highest BCUT2D eigenvalue weighted by atomic mass is 79.9. The van der Waals surface area contributed by atoms with Gasteiger partial charge in [-0.25, -0.2) is 8.42 Å². The molecule has 0 aliphatic rings. The van der Waals surface area contributed by atoms with E-state index in [1.54, 1.807) is 42.5 Å². The van der Waals surface area contributed by atoms with Gasteiger partial charge in [0.05, 0.1) is 15.1 Å². The standard InChI is InChI=1S/C21H18Br2N2O4S/c1-25(17-5-3-2-4-6-17)30(27,28)18-10-8-16(9-11-18)24-21(26)14-29-20-12-7-15(22)13-19(20)23/h2-13H,14H2,1H3,(H,24,26). The lowest BCUT2D eigenvalue weighted by Gasteiger charge is -2.19. The molecule has 9 heteroatoms. The molecular weight excluding hydrogens is 536 g/mol. The summed E-state index contributed by atoms with van der Waals surface area (Å²) in [5.74, 6) is 0.181. The predicted octanol–water partition coefficient (Wildman–Crippen LogP) is 5.05. The molecule has 0 radical (unpaired) electrons. The average Bonchev–Trinajstić information content (AvgIpc) is 2.73. The summed E-state index contributed by atoms with van der Waals surface area (Å²) in [6.45, 7) is -0.184. The number of carbonyl (C=O) groups excluding carboxylic acids is 1. The van der Waals surface area contributed by atoms with Crippen molar-refractivity contribution in [1.82, 2.24) is 0 Å². The number of sulfonamides is 1. The van der Waals surface area contributed by atoms with E-state index in [2.05, 4.69) is 37.2 Å². The van der Waals surface area contributed by atoms with Crippen LogP contribution in [0, 0.1) is 0 Å². The molecule has 0 unspecified atom stereocenters. The van der Waals surface area contributed by atoms with Crippen molar-refractivity contribution >= 4 is 59.2 Å². The van der Waals surface area contributed by atoms with Crippen molar-refractivity contribution in [2.75, 3.05) is 23.3 Å². The summed E-state index contributed by atoms with van der Waals surface area (Å²) < 4.78 is 33.9. The topological polar surface area (TPSA) is 75.7 Å². The number of halogens is 2. The molecule has 0 aliphatic heterocycles. The molecule has 0 aromatic heterocycles. The number of para-hydroxylation sites is 1. The number of nitrogens with one attached hydrogen (secondary N) is 1. The number of amides is 1. The highest BCUT2D eigenvalue weighted by Crippen LogP contribution is 2.28. The second kappa shape index (κ2) is 9.63. The quantitative estimate of drug-likeness (QED) is 0.444. The van der Waals surface area contributed by atoms with E-state index in [0.717, 1.165) is 8.95 Å². The lowest BCUT2D eigenvalue weighted by atomic mass is 10.3. The van der Waals surface area contributed by atoms with E-state index in [1.165, 1.54) is 23.5 Å². The van der Waals surface area contributed by atoms with Crippen LogP contribution >= 0.6 is 31.9 Å². The molecule has 0 bridgehead atoms. The third-order valence-corrected chi connectivity index (χ3v) is 7.08. The van der Waals surface area contributed by atoms with Crippen LogP contribution in [0.2, 0.25) is 0 Å². The van der Waals surface area contributed by atoms with Crippen LogP contribution in [0.1, 0.15) is 0 Å². The van der Waals surface area contributed by atoms with Gasteiger partial charge in [-0.2, -0.15) is 0 Å². The van der Waals surface area contributed by atoms with Crippen LogP contribution in [0.25, 0.3) is 0 Å². The largest absolute Gasteiger partial charge is 0.483 e. The smallest absolute Gasteiger partial charge is 0.264 e. The highest BCUT2D eigenvalue weighted by Gasteiger charge is 2.21. The van der Waals surface area contributed by atoms with E-state index in [4.69, 9.17) is 4.74 Å². The van der Waals surface area contributed by atoms with Gasteiger partial charge in [0.1, 0.15) is 5.75 Å². The van der Waals surface area contributed by atoms with Crippen LogP contribution in [0.15, 0.2) is 86.6 Å². The first kappa shape index (κ1) is 22.3. The van der Waals surface area contributed by atoms with Crippen LogP contribution in [-0.4, -0.2) is 28.0 Å². The SMILES string of the molecule is CN(c1ccccc1)S(=O)(=O)c1ccc(NC(=O)COc2ccc(Br)cc2Br)cc1. The fraction of sp³-hybridized carbons (Fsp3) is 0.0952. The van der Waals surface area contributed by atoms with Crippen LogP contribution in [-0.2, 0) is 14.8 Å². The Balaban J connectivity index is 1.63. The maximum atomic E-state index is 12.8. The molecule has 0 saturated heterocycles. The number of rotatable bonds is 7. The Morgan fingerprint density at radius 3 is 2.30 bits per heavy atom. The van der Waals surface area contributed by atoms with E-state index in [0.29, 0.717) is 17.1 Å². The Labute approximate surface area is 192 Å². The van der Waals surface area contributed by atoms with Crippen LogP contribution in [0.5, 0.6) is 5.75 Å². The lowest BCUT2D eigenvalue weighted by Crippen LogP contribution is -2.26. The lowest BCUT2D eigenvalue weighted by molar-refractivity contribution is -0.118. The Hall–Kier alpha value is -2.36. The molecule has 0 atom stereocenters. The summed E-state index contributed by atoms with van der Waals surface area (Å²) in [4.78, 5) is 12.3. The molecule has 156 valence electrons. The number of nitrogens with zero attached hydrogens (tertiary/aromatic N) is 1. The number of anilines is 2. The van der Waals surface area contributed by atoms with E-state index in [-0.39, 0.29) is 17.4 Å². The van der Waals surface area contributed by atoms with E-state index in [9.17, 15) is 13.2 Å². The monoisotopic (exact) mass is 552 g/mol. The molecule has 0 fully saturated rings. The Kier molecular flexibility index (Phi) is 7.17. The number of benzene rings is 3. The fourth-order valence-corrected chi connectivity index (χ4v) is 4.93. The molecule has 1 N–H and O–H groups in total. The molecule has 3 rings (SSSR count). The zero-order valence-corrected chi connectivity index (χ0v) is 19.9. The normalized spacial score (nSPS) is 11.0. The van der Waals surface area contributed by atoms with Crippen LogP contribution in [0.4, 0.5) is 11.4 Å². The average molecular weight is 554 g/mol. The van der Waals surface area contributed by atoms with Crippen molar-refractivity contribution in [1.29, 1.82) is 0 Å². The van der Waals surface area contributed by atoms with E-state index < -0.39 is 10.0 Å². The van der Waals surface area contributed by atoms with Crippen molar-refractivity contribution < 1.29 is 17.9 Å². The molecule has 0 saturated carbocycles. The van der Waals surface area contributed by atoms with Gasteiger partial charge in [-0.1, -0.05) is 34.1 Å². The van der Waals surface area contributed by atoms with Crippen molar-refractivity contribution in [2.24, 2.45) is 0 Å². The van der Waals surface area contributed by atoms with Crippen molar-refractivity contribution in [3.63, 3.8) is 0 Å². The zero-order chi connectivity index (χ0) is 21.7. The predicted molar refractivity (Wildman–Crippen MR) is 124 cm³/mol. The number of ether oxygens (including phenoxy) is 1. The van der Waals surface area contributed by atoms with Gasteiger partial charge in [0.15, 0.2) is 6.61 Å². The number of hydrogen-bond donors (Lipinski definition) is 1. The molecule has 3 aromatic carbocycles. The molecule has 6 nitrogen and oxygen atoms in total. The molecule has 30 heavy (non-hydrogen) atoms. The first-order valence-electron chi connectivity index (χ1n) is 8.79. The molecule has 3 aromatic rings. The molecule has 1 amide bonds. The Morgan fingerprint density at radius 1 is 1.00 bits per heavy atom. The zero-order valence-electron chi connectivity index (χ0n) is 15.9. The minimum atomic E-state index is -3.70. The maximum Gasteiger partial charge on any atom is 0.264 e. The summed E-state index contributed by atoms with van der Waals surface area (Å²) in [7, 11) is -2.21. The molecule has 0 spiro atoms. The summed E-state index contributed by atoms with van der Waals surface area (Å²) in [5.41, 5.74) is 1.03. The maximum absolute atomic E-state index is 12.8. The van der Waals surface area contributed by atoms with Gasteiger partial charge in [-0.15, -0.1) is 0 Å². The fourth-order valence-electron chi connectivity index (χ4n) is 2.58. The van der Waals surface area contributed by atoms with Gasteiger partial charge < -0.3 is 10.1 Å². The van der Waals surface area contributed by atoms with Gasteiger partial charge in [0, 0.05) is 17.2 Å². The van der Waals surface area contributed by atoms with Crippen molar-refractivity contribution in [3.05, 3.63) is 81.7 Å². The van der Waals surface area contributed by atoms with Gasteiger partial charge in [0.25, 0.3) is 15.9 Å². The highest BCUT2D eigenvalue weighted by molar-refractivity contribution is 9.11. The minimum absolute atomic E-state index is 0.127. The first-order valence-corrected chi connectivity index (χ1v) is 11.8. The molecule has 0 heterocycles. The Morgan fingerprint density at radius 2 is 1.67 bits per heavy atom.